The minimum atomic E-state index is -0.410. The summed E-state index contributed by atoms with van der Waals surface area (Å²) in [5, 5.41) is 5.72. The number of ether oxygens (including phenoxy) is 1. The van der Waals surface area contributed by atoms with Crippen molar-refractivity contribution in [2.45, 2.75) is 6.92 Å². The summed E-state index contributed by atoms with van der Waals surface area (Å²) in [7, 11) is 3.30. The standard InChI is InChI=1S/C18H21N3O3/c1-13-6-4-7-14(10-13)19-12-17(22)24-16-9-5-8-15(11-16)20-18(23)21(2)3/h4-11,19H,12H2,1-3H3,(H,20,23). The van der Waals surface area contributed by atoms with E-state index in [1.807, 2.05) is 31.2 Å². The molecule has 0 aliphatic heterocycles. The number of benzene rings is 2. The Morgan fingerprint density at radius 2 is 1.75 bits per heavy atom. The highest BCUT2D eigenvalue weighted by molar-refractivity contribution is 5.89. The Kier molecular flexibility index (Phi) is 5.78. The maximum absolute atomic E-state index is 11.9. The lowest BCUT2D eigenvalue weighted by molar-refractivity contribution is -0.132. The van der Waals surface area contributed by atoms with Crippen molar-refractivity contribution in [2.75, 3.05) is 31.3 Å². The first-order valence-corrected chi connectivity index (χ1v) is 7.53. The number of nitrogens with one attached hydrogen (secondary N) is 2. The molecule has 0 aromatic heterocycles. The van der Waals surface area contributed by atoms with Gasteiger partial charge in [0.15, 0.2) is 0 Å². The highest BCUT2D eigenvalue weighted by Crippen LogP contribution is 2.18. The molecule has 2 aromatic carbocycles. The summed E-state index contributed by atoms with van der Waals surface area (Å²) in [6.07, 6.45) is 0. The molecule has 2 amide bonds. The second kappa shape index (κ2) is 8.01. The van der Waals surface area contributed by atoms with Gasteiger partial charge in [-0.25, -0.2) is 9.59 Å². The summed E-state index contributed by atoms with van der Waals surface area (Å²) in [6, 6.07) is 14.2. The molecule has 0 saturated carbocycles. The number of carbonyl (C=O) groups excluding carboxylic acids is 2. The first-order valence-electron chi connectivity index (χ1n) is 7.53. The lowest BCUT2D eigenvalue weighted by Gasteiger charge is -2.13. The van der Waals surface area contributed by atoms with Gasteiger partial charge in [-0.1, -0.05) is 18.2 Å². The Hall–Kier alpha value is -3.02. The molecule has 0 unspecified atom stereocenters. The van der Waals surface area contributed by atoms with Crippen molar-refractivity contribution in [2.24, 2.45) is 0 Å². The Bertz CT molecular complexity index is 729. The number of amides is 2. The molecule has 0 saturated heterocycles. The lowest BCUT2D eigenvalue weighted by atomic mass is 10.2. The molecule has 2 aromatic rings. The van der Waals surface area contributed by atoms with Gasteiger partial charge in [0.25, 0.3) is 0 Å². The van der Waals surface area contributed by atoms with Crippen LogP contribution in [0, 0.1) is 6.92 Å². The molecule has 0 aliphatic rings. The maximum Gasteiger partial charge on any atom is 0.330 e. The van der Waals surface area contributed by atoms with Gasteiger partial charge in [-0.3, -0.25) is 0 Å². The van der Waals surface area contributed by atoms with Crippen molar-refractivity contribution in [1.29, 1.82) is 0 Å². The van der Waals surface area contributed by atoms with Crippen LogP contribution in [0.3, 0.4) is 0 Å². The fraction of sp³-hybridized carbons (Fsp3) is 0.222. The molecule has 0 radical (unpaired) electrons. The van der Waals surface area contributed by atoms with Crippen LogP contribution in [0.1, 0.15) is 5.56 Å². The zero-order valence-electron chi connectivity index (χ0n) is 14.0. The van der Waals surface area contributed by atoms with Crippen LogP contribution < -0.4 is 15.4 Å². The van der Waals surface area contributed by atoms with Gasteiger partial charge in [0.05, 0.1) is 0 Å². The molecule has 0 bridgehead atoms. The summed E-state index contributed by atoms with van der Waals surface area (Å²) in [5.74, 6) is -0.0322. The largest absolute Gasteiger partial charge is 0.425 e. The first kappa shape index (κ1) is 17.3. The summed E-state index contributed by atoms with van der Waals surface area (Å²) in [4.78, 5) is 25.0. The molecule has 2 N–H and O–H groups in total. The Morgan fingerprint density at radius 1 is 1.04 bits per heavy atom. The SMILES string of the molecule is Cc1cccc(NCC(=O)Oc2cccc(NC(=O)N(C)C)c2)c1. The number of urea groups is 1. The topological polar surface area (TPSA) is 70.7 Å². The maximum atomic E-state index is 11.9. The van der Waals surface area contributed by atoms with Crippen LogP contribution in [-0.4, -0.2) is 37.5 Å². The number of esters is 1. The minimum absolute atomic E-state index is 0.0533. The minimum Gasteiger partial charge on any atom is -0.425 e. The van der Waals surface area contributed by atoms with Crippen LogP contribution in [0.2, 0.25) is 0 Å². The smallest absolute Gasteiger partial charge is 0.330 e. The van der Waals surface area contributed by atoms with Crippen LogP contribution in [0.5, 0.6) is 5.75 Å². The van der Waals surface area contributed by atoms with E-state index in [1.54, 1.807) is 38.4 Å². The molecule has 24 heavy (non-hydrogen) atoms. The van der Waals surface area contributed by atoms with E-state index in [2.05, 4.69) is 10.6 Å². The van der Waals surface area contributed by atoms with Gasteiger partial charge in [-0.2, -0.15) is 0 Å². The number of hydrogen-bond acceptors (Lipinski definition) is 4. The average molecular weight is 327 g/mol. The van der Waals surface area contributed by atoms with Gasteiger partial charge in [0, 0.05) is 31.5 Å². The van der Waals surface area contributed by atoms with E-state index in [4.69, 9.17) is 4.74 Å². The monoisotopic (exact) mass is 327 g/mol. The quantitative estimate of drug-likeness (QED) is 0.654. The third-order valence-electron chi connectivity index (χ3n) is 3.18. The molecule has 6 nitrogen and oxygen atoms in total. The van der Waals surface area contributed by atoms with E-state index in [9.17, 15) is 9.59 Å². The number of rotatable bonds is 5. The number of nitrogens with zero attached hydrogens (tertiary/aromatic N) is 1. The molecule has 6 heteroatoms. The van der Waals surface area contributed by atoms with Gasteiger partial charge >= 0.3 is 12.0 Å². The highest BCUT2D eigenvalue weighted by Gasteiger charge is 2.08. The highest BCUT2D eigenvalue weighted by atomic mass is 16.5. The molecule has 0 fully saturated rings. The van der Waals surface area contributed by atoms with Crippen molar-refractivity contribution in [1.82, 2.24) is 4.90 Å². The third-order valence-corrected chi connectivity index (χ3v) is 3.18. The summed E-state index contributed by atoms with van der Waals surface area (Å²) in [5.41, 5.74) is 2.53. The van der Waals surface area contributed by atoms with Gasteiger partial charge in [-0.15, -0.1) is 0 Å². The predicted octanol–water partition coefficient (Wildman–Crippen LogP) is 3.11. The average Bonchev–Trinajstić information content (AvgIpc) is 2.53. The molecular weight excluding hydrogens is 306 g/mol. The second-order valence-corrected chi connectivity index (χ2v) is 5.55. The molecule has 0 aliphatic carbocycles. The second-order valence-electron chi connectivity index (χ2n) is 5.55. The Morgan fingerprint density at radius 3 is 2.46 bits per heavy atom. The van der Waals surface area contributed by atoms with E-state index in [0.717, 1.165) is 11.3 Å². The number of aryl methyl sites for hydroxylation is 1. The van der Waals surface area contributed by atoms with Crippen molar-refractivity contribution >= 4 is 23.4 Å². The number of hydrogen-bond donors (Lipinski definition) is 2. The lowest BCUT2D eigenvalue weighted by Crippen LogP contribution is -2.27. The summed E-state index contributed by atoms with van der Waals surface area (Å²) in [6.45, 7) is 2.04. The first-order chi connectivity index (χ1) is 11.4. The van der Waals surface area contributed by atoms with Crippen LogP contribution in [0.15, 0.2) is 48.5 Å². The van der Waals surface area contributed by atoms with E-state index in [1.165, 1.54) is 4.90 Å². The zero-order valence-corrected chi connectivity index (χ0v) is 14.0. The molecule has 0 atom stereocenters. The van der Waals surface area contributed by atoms with E-state index in [0.29, 0.717) is 11.4 Å². The van der Waals surface area contributed by atoms with E-state index >= 15 is 0 Å². The van der Waals surface area contributed by atoms with Crippen molar-refractivity contribution in [3.05, 3.63) is 54.1 Å². The van der Waals surface area contributed by atoms with Gasteiger partial charge in [0.2, 0.25) is 0 Å². The van der Waals surface area contributed by atoms with Crippen molar-refractivity contribution < 1.29 is 14.3 Å². The van der Waals surface area contributed by atoms with Gasteiger partial charge < -0.3 is 20.3 Å². The third kappa shape index (κ3) is 5.31. The molecule has 126 valence electrons. The number of anilines is 2. The number of carbonyl (C=O) groups is 2. The van der Waals surface area contributed by atoms with Crippen LogP contribution >= 0.6 is 0 Å². The fourth-order valence-corrected chi connectivity index (χ4v) is 1.97. The van der Waals surface area contributed by atoms with Crippen molar-refractivity contribution in [3.63, 3.8) is 0 Å². The summed E-state index contributed by atoms with van der Waals surface area (Å²) >= 11 is 0. The van der Waals surface area contributed by atoms with E-state index < -0.39 is 5.97 Å². The van der Waals surface area contributed by atoms with Gasteiger partial charge in [0.1, 0.15) is 12.3 Å². The van der Waals surface area contributed by atoms with Crippen LogP contribution in [0.4, 0.5) is 16.2 Å². The predicted molar refractivity (Wildman–Crippen MR) is 94.5 cm³/mol. The molecule has 0 spiro atoms. The molecule has 0 heterocycles. The van der Waals surface area contributed by atoms with Crippen LogP contribution in [0.25, 0.3) is 0 Å². The Labute approximate surface area is 141 Å². The Balaban J connectivity index is 1.90. The summed E-state index contributed by atoms with van der Waals surface area (Å²) < 4.78 is 5.28. The van der Waals surface area contributed by atoms with Crippen LogP contribution in [-0.2, 0) is 4.79 Å². The zero-order chi connectivity index (χ0) is 17.5. The van der Waals surface area contributed by atoms with E-state index in [-0.39, 0.29) is 12.6 Å². The van der Waals surface area contributed by atoms with Crippen molar-refractivity contribution in [3.8, 4) is 5.75 Å². The normalized spacial score (nSPS) is 9.96. The van der Waals surface area contributed by atoms with Gasteiger partial charge in [-0.05, 0) is 36.8 Å². The molecular formula is C18H21N3O3. The fourth-order valence-electron chi connectivity index (χ4n) is 1.97. The molecule has 2 rings (SSSR count).